The molecule has 0 amide bonds. The zero-order valence-corrected chi connectivity index (χ0v) is 8.35. The van der Waals surface area contributed by atoms with Gasteiger partial charge in [0.25, 0.3) is 0 Å². The van der Waals surface area contributed by atoms with E-state index in [0.29, 0.717) is 12.3 Å². The molecule has 0 saturated carbocycles. The van der Waals surface area contributed by atoms with Gasteiger partial charge in [-0.1, -0.05) is 13.8 Å². The molecule has 12 heavy (non-hydrogen) atoms. The van der Waals surface area contributed by atoms with Crippen LogP contribution in [-0.4, -0.2) is 24.3 Å². The van der Waals surface area contributed by atoms with Gasteiger partial charge in [-0.05, 0) is 24.6 Å². The Morgan fingerprint density at radius 1 is 1.67 bits per heavy atom. The Morgan fingerprint density at radius 2 is 2.25 bits per heavy atom. The molecule has 0 aromatic rings. The normalized spacial score (nSPS) is 12.0. The fourth-order valence-corrected chi connectivity index (χ4v) is 0.975. The average molecular weight is 187 g/mol. The lowest BCUT2D eigenvalue weighted by molar-refractivity contribution is -0.142. The number of thiocarbonyl (C=S) groups is 1. The quantitative estimate of drug-likeness (QED) is 0.382. The van der Waals surface area contributed by atoms with Crippen LogP contribution in [-0.2, 0) is 9.53 Å². The Morgan fingerprint density at radius 3 is 2.58 bits per heavy atom. The van der Waals surface area contributed by atoms with Crippen LogP contribution in [0.2, 0.25) is 0 Å². The number of esters is 1. The minimum atomic E-state index is -0.479. The molecule has 0 saturated heterocycles. The molecule has 0 rings (SSSR count). The van der Waals surface area contributed by atoms with Crippen LogP contribution >= 0.6 is 12.2 Å². The summed E-state index contributed by atoms with van der Waals surface area (Å²) in [5, 5.41) is 2.20. The molecule has 0 bridgehead atoms. The minimum Gasteiger partial charge on any atom is -0.467 e. The van der Waals surface area contributed by atoms with E-state index < -0.39 is 6.04 Å². The third kappa shape index (κ3) is 4.21. The monoisotopic (exact) mass is 187 g/mol. The van der Waals surface area contributed by atoms with Gasteiger partial charge in [0.1, 0.15) is 0 Å². The summed E-state index contributed by atoms with van der Waals surface area (Å²) in [5.41, 5.74) is 0. The second kappa shape index (κ2) is 5.86. The van der Waals surface area contributed by atoms with Gasteiger partial charge in [-0.15, -0.1) is 0 Å². The van der Waals surface area contributed by atoms with E-state index in [2.05, 4.69) is 27.1 Å². The summed E-state index contributed by atoms with van der Waals surface area (Å²) in [6.45, 7) is 4.02. The number of nitrogens with zero attached hydrogens (tertiary/aromatic N) is 1. The number of rotatable bonds is 4. The molecule has 0 spiro atoms. The summed E-state index contributed by atoms with van der Waals surface area (Å²) in [6, 6.07) is -0.479. The molecule has 0 aromatic carbocycles. The highest BCUT2D eigenvalue weighted by Gasteiger charge is 2.18. The average Bonchev–Trinajstić information content (AvgIpc) is 2.01. The zero-order chi connectivity index (χ0) is 9.56. The smallest absolute Gasteiger partial charge is 0.331 e. The Kier molecular flexibility index (Phi) is 5.51. The molecule has 0 aliphatic carbocycles. The molecule has 0 heterocycles. The second-order valence-corrected chi connectivity index (χ2v) is 3.07. The summed E-state index contributed by atoms with van der Waals surface area (Å²) in [6.07, 6.45) is 0.649. The van der Waals surface area contributed by atoms with Gasteiger partial charge in [0.05, 0.1) is 12.3 Å². The lowest BCUT2D eigenvalue weighted by Crippen LogP contribution is -2.21. The predicted octanol–water partition coefficient (Wildman–Crippen LogP) is 1.68. The zero-order valence-electron chi connectivity index (χ0n) is 7.53. The van der Waals surface area contributed by atoms with Gasteiger partial charge in [-0.2, -0.15) is 0 Å². The third-order valence-electron chi connectivity index (χ3n) is 1.38. The minimum absolute atomic E-state index is 0.346. The maximum absolute atomic E-state index is 11.0. The van der Waals surface area contributed by atoms with Crippen LogP contribution in [0.5, 0.6) is 0 Å². The number of hydrogen-bond acceptors (Lipinski definition) is 4. The highest BCUT2D eigenvalue weighted by Crippen LogP contribution is 2.08. The van der Waals surface area contributed by atoms with Gasteiger partial charge in [-0.25, -0.2) is 9.79 Å². The van der Waals surface area contributed by atoms with Crippen molar-refractivity contribution in [3.8, 4) is 0 Å². The van der Waals surface area contributed by atoms with E-state index in [1.807, 2.05) is 13.8 Å². The maximum atomic E-state index is 11.0. The molecular formula is C8H13NO2S. The molecule has 3 nitrogen and oxygen atoms in total. The van der Waals surface area contributed by atoms with Crippen LogP contribution in [0.25, 0.3) is 0 Å². The fraction of sp³-hybridized carbons (Fsp3) is 0.750. The molecule has 4 heteroatoms. The van der Waals surface area contributed by atoms with Gasteiger partial charge in [0.15, 0.2) is 6.04 Å². The van der Waals surface area contributed by atoms with Crippen molar-refractivity contribution in [3.63, 3.8) is 0 Å². The molecule has 0 fully saturated rings. The number of ether oxygens (including phenoxy) is 1. The fourth-order valence-electron chi connectivity index (χ4n) is 0.848. The summed E-state index contributed by atoms with van der Waals surface area (Å²) in [4.78, 5) is 14.8. The van der Waals surface area contributed by atoms with E-state index in [0.717, 1.165) is 0 Å². The van der Waals surface area contributed by atoms with Crippen molar-refractivity contribution >= 4 is 23.3 Å². The molecule has 0 aliphatic rings. The van der Waals surface area contributed by atoms with Crippen molar-refractivity contribution in [1.29, 1.82) is 0 Å². The van der Waals surface area contributed by atoms with E-state index >= 15 is 0 Å². The Bertz CT molecular complexity index is 197. The molecule has 0 radical (unpaired) electrons. The van der Waals surface area contributed by atoms with Crippen LogP contribution in [0.3, 0.4) is 0 Å². The first kappa shape index (κ1) is 11.3. The summed E-state index contributed by atoms with van der Waals surface area (Å²) in [5.74, 6) is 0.0438. The van der Waals surface area contributed by atoms with Gasteiger partial charge < -0.3 is 4.74 Å². The molecule has 1 atom stereocenters. The van der Waals surface area contributed by atoms with Crippen molar-refractivity contribution in [2.24, 2.45) is 10.9 Å². The lowest BCUT2D eigenvalue weighted by atomic mass is 10.0. The molecule has 0 aliphatic heterocycles. The van der Waals surface area contributed by atoms with Crippen LogP contribution in [0, 0.1) is 5.92 Å². The first-order valence-corrected chi connectivity index (χ1v) is 4.17. The van der Waals surface area contributed by atoms with Gasteiger partial charge in [0, 0.05) is 0 Å². The highest BCUT2D eigenvalue weighted by atomic mass is 32.1. The van der Waals surface area contributed by atoms with Crippen LogP contribution in [0.15, 0.2) is 4.99 Å². The number of hydrogen-bond donors (Lipinski definition) is 0. The standard InChI is InChI=1S/C8H13NO2S/c1-6(2)4-7(9-5-12)8(10)11-3/h6-7H,4H2,1-3H3/t7-/m0/s1. The number of aliphatic imine (C=N–C) groups is 1. The first-order valence-electron chi connectivity index (χ1n) is 3.76. The van der Waals surface area contributed by atoms with E-state index in [9.17, 15) is 4.79 Å². The number of carbonyl (C=O) groups excluding carboxylic acids is 1. The van der Waals surface area contributed by atoms with Gasteiger partial charge in [0.2, 0.25) is 0 Å². The van der Waals surface area contributed by atoms with E-state index in [-0.39, 0.29) is 5.97 Å². The molecule has 68 valence electrons. The topological polar surface area (TPSA) is 38.7 Å². The van der Waals surface area contributed by atoms with Crippen molar-refractivity contribution in [3.05, 3.63) is 0 Å². The number of methoxy groups -OCH3 is 1. The third-order valence-corrected chi connectivity index (χ3v) is 1.48. The lowest BCUT2D eigenvalue weighted by Gasteiger charge is -2.10. The van der Waals surface area contributed by atoms with Crippen molar-refractivity contribution in [1.82, 2.24) is 0 Å². The Hall–Kier alpha value is -0.730. The largest absolute Gasteiger partial charge is 0.467 e. The van der Waals surface area contributed by atoms with E-state index in [1.54, 1.807) is 0 Å². The van der Waals surface area contributed by atoms with Crippen molar-refractivity contribution in [2.45, 2.75) is 26.3 Å². The summed E-state index contributed by atoms with van der Waals surface area (Å²) >= 11 is 4.42. The van der Waals surface area contributed by atoms with E-state index in [1.165, 1.54) is 7.11 Å². The van der Waals surface area contributed by atoms with Crippen LogP contribution in [0.4, 0.5) is 0 Å². The van der Waals surface area contributed by atoms with Crippen molar-refractivity contribution in [2.75, 3.05) is 7.11 Å². The van der Waals surface area contributed by atoms with E-state index in [4.69, 9.17) is 0 Å². The predicted molar refractivity (Wildman–Crippen MR) is 50.3 cm³/mol. The van der Waals surface area contributed by atoms with Gasteiger partial charge in [-0.3, -0.25) is 0 Å². The Labute approximate surface area is 77.8 Å². The summed E-state index contributed by atoms with van der Waals surface area (Å²) in [7, 11) is 1.34. The number of isothiocyanates is 1. The van der Waals surface area contributed by atoms with Crippen LogP contribution < -0.4 is 0 Å². The summed E-state index contributed by atoms with van der Waals surface area (Å²) < 4.78 is 4.55. The highest BCUT2D eigenvalue weighted by molar-refractivity contribution is 7.78. The van der Waals surface area contributed by atoms with Crippen molar-refractivity contribution < 1.29 is 9.53 Å². The Balaban J connectivity index is 4.22. The maximum Gasteiger partial charge on any atom is 0.331 e. The SMILES string of the molecule is COC(=O)[C@H](CC(C)C)N=C=S. The molecule has 0 N–H and O–H groups in total. The molecule has 0 unspecified atom stereocenters. The first-order chi connectivity index (χ1) is 5.61. The second-order valence-electron chi connectivity index (χ2n) is 2.89. The molecular weight excluding hydrogens is 174 g/mol. The van der Waals surface area contributed by atoms with Gasteiger partial charge >= 0.3 is 5.97 Å². The number of carbonyl (C=O) groups is 1. The molecule has 0 aromatic heterocycles. The van der Waals surface area contributed by atoms with Crippen LogP contribution in [0.1, 0.15) is 20.3 Å².